The molecule has 0 spiro atoms. The van der Waals surface area contributed by atoms with Gasteiger partial charge in [-0.05, 0) is 42.0 Å². The highest BCUT2D eigenvalue weighted by Crippen LogP contribution is 2.33. The van der Waals surface area contributed by atoms with Crippen LogP contribution in [0.3, 0.4) is 0 Å². The third-order valence-electron chi connectivity index (χ3n) is 4.59. The van der Waals surface area contributed by atoms with Crippen molar-refractivity contribution >= 4 is 15.7 Å². The normalized spacial score (nSPS) is 13.7. The Morgan fingerprint density at radius 3 is 2.59 bits per heavy atom. The largest absolute Gasteiger partial charge is 0.454 e. The molecule has 2 aromatic carbocycles. The van der Waals surface area contributed by atoms with E-state index in [1.807, 2.05) is 0 Å². The van der Waals surface area contributed by atoms with Gasteiger partial charge in [-0.1, -0.05) is 24.3 Å². The predicted molar refractivity (Wildman–Crippen MR) is 106 cm³/mol. The topological polar surface area (TPSA) is 94.6 Å². The fraction of sp³-hybridized carbons (Fsp3) is 0.143. The number of sulfone groups is 1. The van der Waals surface area contributed by atoms with Crippen molar-refractivity contribution in [2.45, 2.75) is 10.1 Å². The van der Waals surface area contributed by atoms with E-state index in [2.05, 4.69) is 10.3 Å². The van der Waals surface area contributed by atoms with Gasteiger partial charge in [-0.15, -0.1) is 0 Å². The number of nitrogens with one attached hydrogen (secondary N) is 1. The van der Waals surface area contributed by atoms with Crippen LogP contribution < -0.4 is 14.8 Å². The van der Waals surface area contributed by atoms with Gasteiger partial charge in [0.2, 0.25) is 6.79 Å². The van der Waals surface area contributed by atoms with E-state index in [1.165, 1.54) is 6.20 Å². The Kier molecular flexibility index (Phi) is 5.18. The van der Waals surface area contributed by atoms with E-state index in [0.717, 1.165) is 0 Å². The Morgan fingerprint density at radius 2 is 1.83 bits per heavy atom. The molecule has 8 heteroatoms. The first-order chi connectivity index (χ1) is 14.1. The van der Waals surface area contributed by atoms with Crippen molar-refractivity contribution in [3.8, 4) is 11.5 Å². The van der Waals surface area contributed by atoms with E-state index in [-0.39, 0.29) is 18.2 Å². The highest BCUT2D eigenvalue weighted by Gasteiger charge is 2.30. The first kappa shape index (κ1) is 18.9. The summed E-state index contributed by atoms with van der Waals surface area (Å²) >= 11 is 0. The molecule has 0 fully saturated rings. The summed E-state index contributed by atoms with van der Waals surface area (Å²) in [6.07, 6.45) is 3.07. The van der Waals surface area contributed by atoms with E-state index in [4.69, 9.17) is 9.47 Å². The number of aromatic nitrogens is 1. The molecule has 1 aliphatic rings. The van der Waals surface area contributed by atoms with Gasteiger partial charge in [0.1, 0.15) is 5.25 Å². The number of rotatable bonds is 6. The number of carbonyl (C=O) groups excluding carboxylic acids is 1. The van der Waals surface area contributed by atoms with Gasteiger partial charge in [0.25, 0.3) is 5.91 Å². The number of nitrogens with zero attached hydrogens (tertiary/aromatic N) is 1. The highest BCUT2D eigenvalue weighted by molar-refractivity contribution is 7.91. The Bertz CT molecular complexity index is 1120. The molecule has 1 atom stereocenters. The molecule has 0 aliphatic carbocycles. The van der Waals surface area contributed by atoms with Crippen LogP contribution in [0.2, 0.25) is 0 Å². The minimum atomic E-state index is -3.74. The van der Waals surface area contributed by atoms with E-state index < -0.39 is 21.0 Å². The second kappa shape index (κ2) is 7.92. The number of hydrogen-bond donors (Lipinski definition) is 1. The van der Waals surface area contributed by atoms with Gasteiger partial charge in [0.05, 0.1) is 4.90 Å². The maximum Gasteiger partial charge on any atom is 0.251 e. The van der Waals surface area contributed by atoms with Gasteiger partial charge >= 0.3 is 0 Å². The summed E-state index contributed by atoms with van der Waals surface area (Å²) in [6.45, 7) is 0.00893. The second-order valence-electron chi connectivity index (χ2n) is 6.41. The molecule has 1 aromatic heterocycles. The summed E-state index contributed by atoms with van der Waals surface area (Å²) in [5.41, 5.74) is 0.860. The molecule has 0 bridgehead atoms. The van der Waals surface area contributed by atoms with Crippen molar-refractivity contribution in [3.63, 3.8) is 0 Å². The van der Waals surface area contributed by atoms with Gasteiger partial charge in [-0.3, -0.25) is 9.78 Å². The van der Waals surface area contributed by atoms with E-state index in [9.17, 15) is 13.2 Å². The molecule has 0 radical (unpaired) electrons. The Hall–Kier alpha value is -3.39. The Balaban J connectivity index is 1.59. The van der Waals surface area contributed by atoms with Crippen molar-refractivity contribution < 1.29 is 22.7 Å². The van der Waals surface area contributed by atoms with Crippen molar-refractivity contribution in [1.82, 2.24) is 10.3 Å². The third-order valence-corrected chi connectivity index (χ3v) is 6.70. The molecular weight excluding hydrogens is 392 g/mol. The van der Waals surface area contributed by atoms with E-state index in [1.54, 1.807) is 66.9 Å². The third kappa shape index (κ3) is 3.93. The fourth-order valence-corrected chi connectivity index (χ4v) is 4.74. The Morgan fingerprint density at radius 1 is 1.03 bits per heavy atom. The molecule has 29 heavy (non-hydrogen) atoms. The summed E-state index contributed by atoms with van der Waals surface area (Å²) in [4.78, 5) is 16.8. The summed E-state index contributed by atoms with van der Waals surface area (Å²) in [7, 11) is -3.74. The van der Waals surface area contributed by atoms with Gasteiger partial charge in [0.15, 0.2) is 21.3 Å². The quantitative estimate of drug-likeness (QED) is 0.672. The van der Waals surface area contributed by atoms with E-state index >= 15 is 0 Å². The lowest BCUT2D eigenvalue weighted by Gasteiger charge is -2.19. The zero-order chi connectivity index (χ0) is 20.3. The lowest BCUT2D eigenvalue weighted by atomic mass is 10.1. The average molecular weight is 410 g/mol. The summed E-state index contributed by atoms with van der Waals surface area (Å²) in [5, 5.41) is 1.75. The molecule has 1 unspecified atom stereocenters. The zero-order valence-corrected chi connectivity index (χ0v) is 16.1. The fourth-order valence-electron chi connectivity index (χ4n) is 3.07. The van der Waals surface area contributed by atoms with Crippen LogP contribution in [-0.2, 0) is 9.84 Å². The van der Waals surface area contributed by atoms with Crippen molar-refractivity contribution in [2.24, 2.45) is 0 Å². The van der Waals surface area contributed by atoms with E-state index in [0.29, 0.717) is 22.6 Å². The van der Waals surface area contributed by atoms with Gasteiger partial charge in [-0.25, -0.2) is 8.42 Å². The molecule has 4 rings (SSSR count). The van der Waals surface area contributed by atoms with Crippen LogP contribution in [-0.4, -0.2) is 32.6 Å². The van der Waals surface area contributed by atoms with Crippen LogP contribution in [0.25, 0.3) is 0 Å². The van der Waals surface area contributed by atoms with Crippen LogP contribution in [0.15, 0.2) is 78.0 Å². The Labute approximate surface area is 168 Å². The molecule has 1 N–H and O–H groups in total. The lowest BCUT2D eigenvalue weighted by molar-refractivity contribution is 0.0953. The number of ether oxygens (including phenoxy) is 2. The first-order valence-electron chi connectivity index (χ1n) is 8.92. The van der Waals surface area contributed by atoms with Gasteiger partial charge in [0, 0.05) is 24.5 Å². The number of benzene rings is 2. The number of carbonyl (C=O) groups is 1. The van der Waals surface area contributed by atoms with Gasteiger partial charge in [-0.2, -0.15) is 0 Å². The summed E-state index contributed by atoms with van der Waals surface area (Å²) in [6, 6.07) is 16.3. The smallest absolute Gasteiger partial charge is 0.251 e. The SMILES string of the molecule is O=C(NCC(c1cccnc1)S(=O)(=O)c1ccccc1)c1ccc2c(c1)OCO2. The summed E-state index contributed by atoms with van der Waals surface area (Å²) in [5.74, 6) is 0.653. The number of pyridine rings is 1. The number of fused-ring (bicyclic) bond motifs is 1. The maximum absolute atomic E-state index is 13.2. The van der Waals surface area contributed by atoms with Crippen LogP contribution in [0, 0.1) is 0 Å². The van der Waals surface area contributed by atoms with Crippen molar-refractivity contribution in [2.75, 3.05) is 13.3 Å². The zero-order valence-electron chi connectivity index (χ0n) is 15.3. The van der Waals surface area contributed by atoms with Crippen LogP contribution in [0.5, 0.6) is 11.5 Å². The minimum absolute atomic E-state index is 0.101. The van der Waals surface area contributed by atoms with Gasteiger partial charge < -0.3 is 14.8 Å². The monoisotopic (exact) mass is 410 g/mol. The van der Waals surface area contributed by atoms with Crippen LogP contribution in [0.1, 0.15) is 21.2 Å². The number of amides is 1. The predicted octanol–water partition coefficient (Wildman–Crippen LogP) is 2.76. The molecular formula is C21H18N2O5S. The molecule has 1 amide bonds. The standard InChI is InChI=1S/C21H18N2O5S/c24-21(15-8-9-18-19(11-15)28-14-27-18)23-13-20(16-5-4-10-22-12-16)29(25,26)17-6-2-1-3-7-17/h1-12,20H,13-14H2,(H,23,24). The highest BCUT2D eigenvalue weighted by atomic mass is 32.2. The molecule has 148 valence electrons. The first-order valence-corrected chi connectivity index (χ1v) is 10.5. The molecule has 2 heterocycles. The maximum atomic E-state index is 13.2. The molecule has 3 aromatic rings. The molecule has 1 aliphatic heterocycles. The van der Waals surface area contributed by atoms with Crippen molar-refractivity contribution in [1.29, 1.82) is 0 Å². The van der Waals surface area contributed by atoms with Crippen LogP contribution >= 0.6 is 0 Å². The second-order valence-corrected chi connectivity index (χ2v) is 8.54. The molecule has 7 nitrogen and oxygen atoms in total. The average Bonchev–Trinajstić information content (AvgIpc) is 3.23. The number of hydrogen-bond acceptors (Lipinski definition) is 6. The van der Waals surface area contributed by atoms with Crippen LogP contribution in [0.4, 0.5) is 0 Å². The molecule has 0 saturated carbocycles. The lowest BCUT2D eigenvalue weighted by Crippen LogP contribution is -2.32. The molecule has 0 saturated heterocycles. The minimum Gasteiger partial charge on any atom is -0.454 e. The summed E-state index contributed by atoms with van der Waals surface area (Å²) < 4.78 is 37.0. The van der Waals surface area contributed by atoms with Crippen molar-refractivity contribution in [3.05, 3.63) is 84.2 Å².